The van der Waals surface area contributed by atoms with Gasteiger partial charge in [-0.05, 0) is 43.2 Å². The molecule has 0 aliphatic carbocycles. The van der Waals surface area contributed by atoms with Gasteiger partial charge in [0.1, 0.15) is 5.82 Å². The molecule has 0 atom stereocenters. The third kappa shape index (κ3) is 4.65. The topological polar surface area (TPSA) is 62.3 Å². The molecular formula is C21H23N3O2S. The third-order valence-corrected chi connectivity index (χ3v) is 5.85. The lowest BCUT2D eigenvalue weighted by atomic mass is 10.2. The van der Waals surface area contributed by atoms with Crippen LogP contribution in [-0.4, -0.2) is 19.9 Å². The Hall–Kier alpha value is -2.86. The monoisotopic (exact) mass is 381 g/mol. The molecule has 3 aromatic rings. The molecule has 0 spiro atoms. The minimum atomic E-state index is -3.63. The van der Waals surface area contributed by atoms with Crippen molar-refractivity contribution >= 4 is 21.5 Å². The number of aromatic nitrogens is 1. The normalized spacial score (nSPS) is 11.2. The van der Waals surface area contributed by atoms with E-state index in [-0.39, 0.29) is 4.90 Å². The lowest BCUT2D eigenvalue weighted by Gasteiger charge is -2.22. The molecule has 27 heavy (non-hydrogen) atoms. The van der Waals surface area contributed by atoms with Crippen LogP contribution in [0.3, 0.4) is 0 Å². The molecule has 140 valence electrons. The Balaban J connectivity index is 1.76. The number of hydrogen-bond donors (Lipinski definition) is 1. The predicted molar refractivity (Wildman–Crippen MR) is 109 cm³/mol. The van der Waals surface area contributed by atoms with Crippen LogP contribution in [0.25, 0.3) is 0 Å². The van der Waals surface area contributed by atoms with Gasteiger partial charge in [-0.1, -0.05) is 48.5 Å². The molecular weight excluding hydrogens is 358 g/mol. The van der Waals surface area contributed by atoms with Crippen LogP contribution in [-0.2, 0) is 16.6 Å². The van der Waals surface area contributed by atoms with Crippen LogP contribution >= 0.6 is 0 Å². The Bertz CT molecular complexity index is 987. The van der Waals surface area contributed by atoms with E-state index in [0.29, 0.717) is 11.3 Å². The highest BCUT2D eigenvalue weighted by Gasteiger charge is 2.16. The number of benzene rings is 2. The fraction of sp³-hybridized carbons (Fsp3) is 0.190. The number of pyridine rings is 1. The molecule has 0 radical (unpaired) electrons. The van der Waals surface area contributed by atoms with E-state index in [1.165, 1.54) is 5.56 Å². The second-order valence-corrected chi connectivity index (χ2v) is 7.93. The van der Waals surface area contributed by atoms with Crippen LogP contribution < -0.4 is 9.62 Å². The number of nitrogens with zero attached hydrogens (tertiary/aromatic N) is 2. The highest BCUT2D eigenvalue weighted by molar-refractivity contribution is 7.92. The van der Waals surface area contributed by atoms with Gasteiger partial charge in [-0.15, -0.1) is 0 Å². The minimum Gasteiger partial charge on any atom is -0.353 e. The summed E-state index contributed by atoms with van der Waals surface area (Å²) >= 11 is 0. The Labute approximate surface area is 160 Å². The third-order valence-electron chi connectivity index (χ3n) is 4.31. The maximum absolute atomic E-state index is 12.6. The molecule has 1 heterocycles. The van der Waals surface area contributed by atoms with Crippen LogP contribution in [0.1, 0.15) is 18.1 Å². The van der Waals surface area contributed by atoms with E-state index >= 15 is 0 Å². The minimum absolute atomic E-state index is 0.272. The van der Waals surface area contributed by atoms with Gasteiger partial charge in [0, 0.05) is 13.1 Å². The molecule has 0 saturated heterocycles. The molecule has 2 aromatic carbocycles. The van der Waals surface area contributed by atoms with Crippen molar-refractivity contribution in [1.29, 1.82) is 0 Å². The van der Waals surface area contributed by atoms with Crippen molar-refractivity contribution < 1.29 is 8.42 Å². The van der Waals surface area contributed by atoms with Crippen LogP contribution in [0.2, 0.25) is 0 Å². The van der Waals surface area contributed by atoms with Crippen LogP contribution in [0, 0.1) is 6.92 Å². The van der Waals surface area contributed by atoms with Crippen molar-refractivity contribution in [3.8, 4) is 0 Å². The van der Waals surface area contributed by atoms with Gasteiger partial charge in [-0.3, -0.25) is 4.72 Å². The summed E-state index contributed by atoms with van der Waals surface area (Å²) in [6.45, 7) is 5.40. The molecule has 0 unspecified atom stereocenters. The Morgan fingerprint density at radius 3 is 2.30 bits per heavy atom. The van der Waals surface area contributed by atoms with E-state index < -0.39 is 10.0 Å². The lowest BCUT2D eigenvalue weighted by molar-refractivity contribution is 0.600. The molecule has 0 saturated carbocycles. The number of anilines is 2. The van der Waals surface area contributed by atoms with E-state index in [1.54, 1.807) is 37.4 Å². The molecule has 1 N–H and O–H groups in total. The number of sulfonamides is 1. The van der Waals surface area contributed by atoms with Gasteiger partial charge < -0.3 is 4.90 Å². The van der Waals surface area contributed by atoms with Gasteiger partial charge in [-0.2, -0.15) is 0 Å². The standard InChI is InChI=1S/C21H23N3O2S/c1-3-24(16-18-10-5-4-6-11-18)21-14-13-19(15-22-21)23-27(25,26)20-12-8-7-9-17(20)2/h4-15,23H,3,16H2,1-2H3. The first-order valence-corrected chi connectivity index (χ1v) is 10.3. The van der Waals surface area contributed by atoms with Crippen molar-refractivity contribution in [2.45, 2.75) is 25.3 Å². The van der Waals surface area contributed by atoms with E-state index in [4.69, 9.17) is 0 Å². The van der Waals surface area contributed by atoms with Gasteiger partial charge in [0.15, 0.2) is 0 Å². The second kappa shape index (κ2) is 8.22. The van der Waals surface area contributed by atoms with Gasteiger partial charge in [0.25, 0.3) is 10.0 Å². The zero-order chi connectivity index (χ0) is 19.3. The molecule has 1 aromatic heterocycles. The molecule has 6 heteroatoms. The Morgan fingerprint density at radius 1 is 0.963 bits per heavy atom. The maximum atomic E-state index is 12.6. The average molecular weight is 382 g/mol. The van der Waals surface area contributed by atoms with Gasteiger partial charge in [-0.25, -0.2) is 13.4 Å². The fourth-order valence-corrected chi connectivity index (χ4v) is 4.15. The molecule has 0 bridgehead atoms. The SMILES string of the molecule is CCN(Cc1ccccc1)c1ccc(NS(=O)(=O)c2ccccc2C)cn1. The largest absolute Gasteiger partial charge is 0.353 e. The summed E-state index contributed by atoms with van der Waals surface area (Å²) in [5, 5.41) is 0. The first-order valence-electron chi connectivity index (χ1n) is 8.83. The van der Waals surface area contributed by atoms with Crippen LogP contribution in [0.15, 0.2) is 77.8 Å². The number of hydrogen-bond acceptors (Lipinski definition) is 4. The maximum Gasteiger partial charge on any atom is 0.262 e. The van der Waals surface area contributed by atoms with Crippen molar-refractivity contribution in [1.82, 2.24) is 4.98 Å². The van der Waals surface area contributed by atoms with Crippen molar-refractivity contribution in [2.75, 3.05) is 16.2 Å². The average Bonchev–Trinajstić information content (AvgIpc) is 2.67. The summed E-state index contributed by atoms with van der Waals surface area (Å²) in [6, 6.07) is 20.7. The number of rotatable bonds is 7. The zero-order valence-electron chi connectivity index (χ0n) is 15.5. The first-order chi connectivity index (χ1) is 13.0. The van der Waals surface area contributed by atoms with Crippen LogP contribution in [0.4, 0.5) is 11.5 Å². The lowest BCUT2D eigenvalue weighted by Crippen LogP contribution is -2.23. The predicted octanol–water partition coefficient (Wildman–Crippen LogP) is 4.22. The van der Waals surface area contributed by atoms with Gasteiger partial charge in [0.05, 0.1) is 16.8 Å². The Kier molecular flexibility index (Phi) is 5.76. The van der Waals surface area contributed by atoms with Crippen molar-refractivity contribution in [3.05, 3.63) is 84.1 Å². The Morgan fingerprint density at radius 2 is 1.67 bits per heavy atom. The quantitative estimate of drug-likeness (QED) is 0.666. The summed E-state index contributed by atoms with van der Waals surface area (Å²) in [5.74, 6) is 0.806. The zero-order valence-corrected chi connectivity index (χ0v) is 16.3. The number of nitrogens with one attached hydrogen (secondary N) is 1. The van der Waals surface area contributed by atoms with Crippen molar-refractivity contribution in [2.24, 2.45) is 0 Å². The molecule has 5 nitrogen and oxygen atoms in total. The van der Waals surface area contributed by atoms with E-state index in [9.17, 15) is 8.42 Å². The summed E-state index contributed by atoms with van der Waals surface area (Å²) in [4.78, 5) is 6.85. The fourth-order valence-electron chi connectivity index (χ4n) is 2.86. The van der Waals surface area contributed by atoms with E-state index in [1.807, 2.05) is 30.3 Å². The second-order valence-electron chi connectivity index (χ2n) is 6.28. The highest BCUT2D eigenvalue weighted by Crippen LogP contribution is 2.21. The summed E-state index contributed by atoms with van der Waals surface area (Å²) in [6.07, 6.45) is 1.55. The van der Waals surface area contributed by atoms with Crippen LogP contribution in [0.5, 0.6) is 0 Å². The first kappa shape index (κ1) is 18.9. The van der Waals surface area contributed by atoms with E-state index in [2.05, 4.69) is 33.7 Å². The molecule has 0 fully saturated rings. The molecule has 3 rings (SSSR count). The van der Waals surface area contributed by atoms with E-state index in [0.717, 1.165) is 18.9 Å². The number of aryl methyl sites for hydroxylation is 1. The molecule has 0 amide bonds. The highest BCUT2D eigenvalue weighted by atomic mass is 32.2. The van der Waals surface area contributed by atoms with Gasteiger partial charge >= 0.3 is 0 Å². The summed E-state index contributed by atoms with van der Waals surface area (Å²) in [5.41, 5.74) is 2.35. The van der Waals surface area contributed by atoms with Crippen molar-refractivity contribution in [3.63, 3.8) is 0 Å². The molecule has 0 aliphatic rings. The van der Waals surface area contributed by atoms with Gasteiger partial charge in [0.2, 0.25) is 0 Å². The smallest absolute Gasteiger partial charge is 0.262 e. The molecule has 0 aliphatic heterocycles. The summed E-state index contributed by atoms with van der Waals surface area (Å²) < 4.78 is 27.8. The summed E-state index contributed by atoms with van der Waals surface area (Å²) in [7, 11) is -3.63.